The van der Waals surface area contributed by atoms with Gasteiger partial charge in [0.05, 0.1) is 23.6 Å². The van der Waals surface area contributed by atoms with E-state index in [1.165, 1.54) is 16.7 Å². The number of aryl methyl sites for hydroxylation is 3. The molecular formula is C21H24N4S. The second-order valence-corrected chi connectivity index (χ2v) is 6.98. The van der Waals surface area contributed by atoms with E-state index in [0.717, 1.165) is 29.3 Å². The van der Waals surface area contributed by atoms with E-state index in [9.17, 15) is 0 Å². The van der Waals surface area contributed by atoms with Gasteiger partial charge in [-0.3, -0.25) is 4.68 Å². The third-order valence-electron chi connectivity index (χ3n) is 4.51. The van der Waals surface area contributed by atoms with Crippen molar-refractivity contribution in [2.45, 2.75) is 34.2 Å². The SMILES string of the molecule is Cc1ccc(NC(=S)Nc2c(C)nn(Cc3ccccc3C)c2C)cc1. The molecule has 1 heterocycles. The van der Waals surface area contributed by atoms with Crippen LogP contribution in [0.15, 0.2) is 48.5 Å². The van der Waals surface area contributed by atoms with Gasteiger partial charge in [-0.25, -0.2) is 0 Å². The van der Waals surface area contributed by atoms with Crippen molar-refractivity contribution in [3.05, 3.63) is 76.6 Å². The van der Waals surface area contributed by atoms with Gasteiger partial charge in [0, 0.05) is 5.69 Å². The van der Waals surface area contributed by atoms with Crippen LogP contribution < -0.4 is 10.6 Å². The van der Waals surface area contributed by atoms with Crippen LogP contribution in [-0.2, 0) is 6.54 Å². The van der Waals surface area contributed by atoms with E-state index in [2.05, 4.69) is 72.9 Å². The normalized spacial score (nSPS) is 10.6. The topological polar surface area (TPSA) is 41.9 Å². The summed E-state index contributed by atoms with van der Waals surface area (Å²) in [5.74, 6) is 0. The molecule has 26 heavy (non-hydrogen) atoms. The molecule has 2 aromatic carbocycles. The van der Waals surface area contributed by atoms with Crippen LogP contribution in [0.3, 0.4) is 0 Å². The fraction of sp³-hybridized carbons (Fsp3) is 0.238. The van der Waals surface area contributed by atoms with Crippen LogP contribution in [0.5, 0.6) is 0 Å². The number of nitrogens with zero attached hydrogens (tertiary/aromatic N) is 2. The molecule has 5 heteroatoms. The van der Waals surface area contributed by atoms with E-state index >= 15 is 0 Å². The molecule has 0 aliphatic rings. The van der Waals surface area contributed by atoms with Gasteiger partial charge < -0.3 is 10.6 Å². The minimum Gasteiger partial charge on any atom is -0.332 e. The maximum Gasteiger partial charge on any atom is 0.175 e. The lowest BCUT2D eigenvalue weighted by molar-refractivity contribution is 0.657. The summed E-state index contributed by atoms with van der Waals surface area (Å²) in [5, 5.41) is 11.8. The summed E-state index contributed by atoms with van der Waals surface area (Å²) in [4.78, 5) is 0. The Morgan fingerprint density at radius 2 is 1.65 bits per heavy atom. The highest BCUT2D eigenvalue weighted by Gasteiger charge is 2.13. The molecule has 3 rings (SSSR count). The van der Waals surface area contributed by atoms with Crippen LogP contribution in [0, 0.1) is 27.7 Å². The van der Waals surface area contributed by atoms with Crippen molar-refractivity contribution < 1.29 is 0 Å². The molecule has 0 aliphatic carbocycles. The highest BCUT2D eigenvalue weighted by molar-refractivity contribution is 7.80. The van der Waals surface area contributed by atoms with Crippen molar-refractivity contribution in [2.24, 2.45) is 0 Å². The average molecular weight is 365 g/mol. The smallest absolute Gasteiger partial charge is 0.175 e. The van der Waals surface area contributed by atoms with E-state index in [1.807, 2.05) is 23.7 Å². The zero-order chi connectivity index (χ0) is 18.7. The van der Waals surface area contributed by atoms with E-state index in [1.54, 1.807) is 0 Å². The number of benzene rings is 2. The molecule has 0 bridgehead atoms. The fourth-order valence-electron chi connectivity index (χ4n) is 2.89. The van der Waals surface area contributed by atoms with Gasteiger partial charge in [0.1, 0.15) is 0 Å². The lowest BCUT2D eigenvalue weighted by Gasteiger charge is -2.12. The van der Waals surface area contributed by atoms with Gasteiger partial charge in [0.2, 0.25) is 0 Å². The Kier molecular flexibility index (Phi) is 5.38. The molecule has 4 nitrogen and oxygen atoms in total. The number of thiocarbonyl (C=S) groups is 1. The Balaban J connectivity index is 1.74. The summed E-state index contributed by atoms with van der Waals surface area (Å²) < 4.78 is 2.02. The zero-order valence-electron chi connectivity index (χ0n) is 15.6. The Morgan fingerprint density at radius 1 is 0.962 bits per heavy atom. The molecule has 0 amide bonds. The van der Waals surface area contributed by atoms with Crippen LogP contribution in [-0.4, -0.2) is 14.9 Å². The number of anilines is 2. The number of aromatic nitrogens is 2. The van der Waals surface area contributed by atoms with Crippen LogP contribution >= 0.6 is 12.2 Å². The minimum atomic E-state index is 0.565. The molecule has 0 unspecified atom stereocenters. The van der Waals surface area contributed by atoms with Gasteiger partial charge in [0.15, 0.2) is 5.11 Å². The van der Waals surface area contributed by atoms with Crippen LogP contribution in [0.25, 0.3) is 0 Å². The molecule has 0 spiro atoms. The summed E-state index contributed by atoms with van der Waals surface area (Å²) in [6.07, 6.45) is 0. The first-order valence-corrected chi connectivity index (χ1v) is 9.08. The predicted molar refractivity (Wildman–Crippen MR) is 113 cm³/mol. The maximum absolute atomic E-state index is 5.47. The molecule has 0 saturated carbocycles. The van der Waals surface area contributed by atoms with Crippen LogP contribution in [0.2, 0.25) is 0 Å². The largest absolute Gasteiger partial charge is 0.332 e. The first-order chi connectivity index (χ1) is 12.4. The van der Waals surface area contributed by atoms with Gasteiger partial charge in [-0.05, 0) is 63.2 Å². The molecule has 0 atom stereocenters. The summed E-state index contributed by atoms with van der Waals surface area (Å²) in [7, 11) is 0. The van der Waals surface area contributed by atoms with E-state index < -0.39 is 0 Å². The van der Waals surface area contributed by atoms with E-state index in [4.69, 9.17) is 12.2 Å². The lowest BCUT2D eigenvalue weighted by Crippen LogP contribution is -2.20. The quantitative estimate of drug-likeness (QED) is 0.641. The summed E-state index contributed by atoms with van der Waals surface area (Å²) in [5.41, 5.74) is 7.69. The van der Waals surface area contributed by atoms with Crippen molar-refractivity contribution in [2.75, 3.05) is 10.6 Å². The molecule has 3 aromatic rings. The number of nitrogens with one attached hydrogen (secondary N) is 2. The molecule has 0 fully saturated rings. The highest BCUT2D eigenvalue weighted by atomic mass is 32.1. The van der Waals surface area contributed by atoms with Gasteiger partial charge in [-0.2, -0.15) is 5.10 Å². The number of rotatable bonds is 4. The van der Waals surface area contributed by atoms with Crippen molar-refractivity contribution in [1.29, 1.82) is 0 Å². The number of hydrogen-bond acceptors (Lipinski definition) is 2. The standard InChI is InChI=1S/C21H24N4S/c1-14-9-11-19(12-10-14)22-21(26)23-20-16(3)24-25(17(20)4)13-18-8-6-5-7-15(18)2/h5-12H,13H2,1-4H3,(H2,22,23,26). The van der Waals surface area contributed by atoms with Crippen molar-refractivity contribution in [3.63, 3.8) is 0 Å². The summed E-state index contributed by atoms with van der Waals surface area (Å²) in [6, 6.07) is 16.5. The molecular weight excluding hydrogens is 340 g/mol. The van der Waals surface area contributed by atoms with Gasteiger partial charge in [0.25, 0.3) is 0 Å². The third kappa shape index (κ3) is 4.11. The van der Waals surface area contributed by atoms with Gasteiger partial charge >= 0.3 is 0 Å². The first kappa shape index (κ1) is 18.1. The first-order valence-electron chi connectivity index (χ1n) is 8.67. The molecule has 0 radical (unpaired) electrons. The van der Waals surface area contributed by atoms with E-state index in [0.29, 0.717) is 5.11 Å². The average Bonchev–Trinajstić information content (AvgIpc) is 2.86. The summed E-state index contributed by atoms with van der Waals surface area (Å²) in [6.45, 7) is 9.00. The predicted octanol–water partition coefficient (Wildman–Crippen LogP) is 4.97. The fourth-order valence-corrected chi connectivity index (χ4v) is 3.11. The second kappa shape index (κ2) is 7.70. The molecule has 1 aromatic heterocycles. The summed E-state index contributed by atoms with van der Waals surface area (Å²) >= 11 is 5.47. The minimum absolute atomic E-state index is 0.565. The van der Waals surface area contributed by atoms with E-state index in [-0.39, 0.29) is 0 Å². The zero-order valence-corrected chi connectivity index (χ0v) is 16.4. The van der Waals surface area contributed by atoms with Crippen LogP contribution in [0.1, 0.15) is 28.1 Å². The Labute approximate surface area is 160 Å². The molecule has 0 aliphatic heterocycles. The van der Waals surface area contributed by atoms with Crippen molar-refractivity contribution >= 4 is 28.7 Å². The highest BCUT2D eigenvalue weighted by Crippen LogP contribution is 2.21. The van der Waals surface area contributed by atoms with Gasteiger partial charge in [-0.15, -0.1) is 0 Å². The third-order valence-corrected chi connectivity index (χ3v) is 4.71. The second-order valence-electron chi connectivity index (χ2n) is 6.58. The van der Waals surface area contributed by atoms with Crippen LogP contribution in [0.4, 0.5) is 11.4 Å². The number of hydrogen-bond donors (Lipinski definition) is 2. The molecule has 0 saturated heterocycles. The molecule has 2 N–H and O–H groups in total. The Bertz CT molecular complexity index is 926. The monoisotopic (exact) mass is 364 g/mol. The maximum atomic E-state index is 5.47. The van der Waals surface area contributed by atoms with Crippen molar-refractivity contribution in [3.8, 4) is 0 Å². The Hall–Kier alpha value is -2.66. The molecule has 134 valence electrons. The van der Waals surface area contributed by atoms with Crippen molar-refractivity contribution in [1.82, 2.24) is 9.78 Å². The van der Waals surface area contributed by atoms with Gasteiger partial charge in [-0.1, -0.05) is 42.0 Å². The lowest BCUT2D eigenvalue weighted by atomic mass is 10.1. The Morgan fingerprint density at radius 3 is 2.35 bits per heavy atom.